The predicted octanol–water partition coefficient (Wildman–Crippen LogP) is 4.90. The van der Waals surface area contributed by atoms with Crippen molar-refractivity contribution in [2.75, 3.05) is 0 Å². The van der Waals surface area contributed by atoms with Crippen molar-refractivity contribution in [1.29, 1.82) is 0 Å². The smallest absolute Gasteiger partial charge is 0.0404 e. The predicted molar refractivity (Wildman–Crippen MR) is 71.3 cm³/mol. The van der Waals surface area contributed by atoms with Crippen LogP contribution in [0, 0.1) is 0 Å². The molecule has 0 bridgehead atoms. The van der Waals surface area contributed by atoms with E-state index in [4.69, 9.17) is 11.6 Å². The number of hydrogen-bond donors (Lipinski definition) is 0. The molecule has 16 heavy (non-hydrogen) atoms. The van der Waals surface area contributed by atoms with Crippen molar-refractivity contribution >= 4 is 11.6 Å². The largest absolute Gasteiger partial charge is 0.122 e. The molecule has 2 unspecified atom stereocenters. The summed E-state index contributed by atoms with van der Waals surface area (Å²) in [6, 6.07) is 9.05. The van der Waals surface area contributed by atoms with Crippen molar-refractivity contribution in [1.82, 2.24) is 0 Å². The Morgan fingerprint density at radius 3 is 2.81 bits per heavy atom. The maximum absolute atomic E-state index is 6.45. The molecule has 1 aliphatic carbocycles. The van der Waals surface area contributed by atoms with Gasteiger partial charge in [-0.25, -0.2) is 0 Å². The van der Waals surface area contributed by atoms with Crippen LogP contribution in [0.25, 0.3) is 0 Å². The van der Waals surface area contributed by atoms with Crippen LogP contribution in [0.1, 0.15) is 56.1 Å². The van der Waals surface area contributed by atoms with E-state index in [1.807, 2.05) is 0 Å². The summed E-state index contributed by atoms with van der Waals surface area (Å²) in [7, 11) is 0. The first kappa shape index (κ1) is 12.0. The third-order valence-corrected chi connectivity index (χ3v) is 4.12. The molecule has 88 valence electrons. The molecule has 1 fully saturated rings. The summed E-state index contributed by atoms with van der Waals surface area (Å²) in [4.78, 5) is 0. The van der Waals surface area contributed by atoms with E-state index in [-0.39, 0.29) is 0 Å². The summed E-state index contributed by atoms with van der Waals surface area (Å²) >= 11 is 6.45. The van der Waals surface area contributed by atoms with Crippen molar-refractivity contribution in [2.24, 2.45) is 0 Å². The van der Waals surface area contributed by atoms with E-state index in [1.54, 1.807) is 0 Å². The highest BCUT2D eigenvalue weighted by Crippen LogP contribution is 2.36. The van der Waals surface area contributed by atoms with Crippen LogP contribution in [0.15, 0.2) is 24.3 Å². The van der Waals surface area contributed by atoms with Gasteiger partial charge < -0.3 is 0 Å². The van der Waals surface area contributed by atoms with Gasteiger partial charge in [0.05, 0.1) is 0 Å². The first-order valence-electron chi connectivity index (χ1n) is 6.54. The minimum atomic E-state index is 0.352. The molecule has 2 rings (SSSR count). The lowest BCUT2D eigenvalue weighted by Gasteiger charge is -2.27. The highest BCUT2D eigenvalue weighted by molar-refractivity contribution is 6.21. The fraction of sp³-hybridized carbons (Fsp3) is 0.600. The van der Waals surface area contributed by atoms with Crippen LogP contribution in [-0.2, 0) is 6.42 Å². The van der Waals surface area contributed by atoms with Crippen molar-refractivity contribution in [3.8, 4) is 0 Å². The van der Waals surface area contributed by atoms with Crippen molar-refractivity contribution < 1.29 is 0 Å². The van der Waals surface area contributed by atoms with E-state index >= 15 is 0 Å². The zero-order valence-electron chi connectivity index (χ0n) is 10.1. The molecule has 1 saturated carbocycles. The van der Waals surface area contributed by atoms with Crippen LogP contribution in [0.2, 0.25) is 0 Å². The fourth-order valence-corrected chi connectivity index (χ4v) is 3.15. The lowest BCUT2D eigenvalue weighted by Crippen LogP contribution is -2.17. The van der Waals surface area contributed by atoms with Gasteiger partial charge in [0.1, 0.15) is 0 Å². The zero-order chi connectivity index (χ0) is 11.4. The van der Waals surface area contributed by atoms with Crippen molar-refractivity contribution in [3.63, 3.8) is 0 Å². The maximum atomic E-state index is 6.45. The molecule has 0 nitrogen and oxygen atoms in total. The van der Waals surface area contributed by atoms with Gasteiger partial charge in [0.25, 0.3) is 0 Å². The molecule has 0 heterocycles. The molecule has 0 radical (unpaired) electrons. The second-order valence-corrected chi connectivity index (χ2v) is 5.46. The SMILES string of the molecule is CCCc1cccc(C2CCCCC2Cl)c1. The summed E-state index contributed by atoms with van der Waals surface area (Å²) in [5.74, 6) is 0.590. The third kappa shape index (κ3) is 2.79. The minimum absolute atomic E-state index is 0.352. The number of rotatable bonds is 3. The van der Waals surface area contributed by atoms with Gasteiger partial charge in [-0.1, -0.05) is 50.5 Å². The average molecular weight is 237 g/mol. The van der Waals surface area contributed by atoms with Crippen LogP contribution in [0.3, 0.4) is 0 Å². The summed E-state index contributed by atoms with van der Waals surface area (Å²) in [6.45, 7) is 2.23. The van der Waals surface area contributed by atoms with E-state index in [0.29, 0.717) is 11.3 Å². The summed E-state index contributed by atoms with van der Waals surface area (Å²) < 4.78 is 0. The van der Waals surface area contributed by atoms with Crippen LogP contribution in [0.4, 0.5) is 0 Å². The molecule has 0 N–H and O–H groups in total. The van der Waals surface area contributed by atoms with Crippen LogP contribution >= 0.6 is 11.6 Å². The summed E-state index contributed by atoms with van der Waals surface area (Å²) in [5, 5.41) is 0.352. The quantitative estimate of drug-likeness (QED) is 0.655. The average Bonchev–Trinajstić information content (AvgIpc) is 2.30. The molecule has 0 amide bonds. The number of aryl methyl sites for hydroxylation is 1. The van der Waals surface area contributed by atoms with Crippen LogP contribution in [0.5, 0.6) is 0 Å². The van der Waals surface area contributed by atoms with Gasteiger partial charge in [0, 0.05) is 11.3 Å². The van der Waals surface area contributed by atoms with Gasteiger partial charge >= 0.3 is 0 Å². The molecular weight excluding hydrogens is 216 g/mol. The lowest BCUT2D eigenvalue weighted by molar-refractivity contribution is 0.450. The van der Waals surface area contributed by atoms with Gasteiger partial charge in [0.2, 0.25) is 0 Å². The van der Waals surface area contributed by atoms with Crippen LogP contribution < -0.4 is 0 Å². The van der Waals surface area contributed by atoms with E-state index in [9.17, 15) is 0 Å². The van der Waals surface area contributed by atoms with Crippen molar-refractivity contribution in [2.45, 2.75) is 56.7 Å². The van der Waals surface area contributed by atoms with E-state index in [1.165, 1.54) is 49.7 Å². The minimum Gasteiger partial charge on any atom is -0.122 e. The van der Waals surface area contributed by atoms with Gasteiger partial charge in [-0.2, -0.15) is 0 Å². The van der Waals surface area contributed by atoms with Gasteiger partial charge in [0.15, 0.2) is 0 Å². The summed E-state index contributed by atoms with van der Waals surface area (Å²) in [6.07, 6.45) is 7.51. The number of benzene rings is 1. The molecule has 2 atom stereocenters. The fourth-order valence-electron chi connectivity index (χ4n) is 2.73. The molecule has 1 aromatic carbocycles. The van der Waals surface area contributed by atoms with E-state index in [2.05, 4.69) is 31.2 Å². The Balaban J connectivity index is 2.15. The second kappa shape index (κ2) is 5.72. The Morgan fingerprint density at radius 1 is 1.25 bits per heavy atom. The highest BCUT2D eigenvalue weighted by Gasteiger charge is 2.24. The number of hydrogen-bond acceptors (Lipinski definition) is 0. The molecule has 0 saturated heterocycles. The molecule has 1 aromatic rings. The summed E-state index contributed by atoms with van der Waals surface area (Å²) in [5.41, 5.74) is 2.93. The molecule has 0 aromatic heterocycles. The molecule has 1 aliphatic rings. The van der Waals surface area contributed by atoms with Gasteiger partial charge in [-0.15, -0.1) is 11.6 Å². The Morgan fingerprint density at radius 2 is 2.06 bits per heavy atom. The highest BCUT2D eigenvalue weighted by atomic mass is 35.5. The van der Waals surface area contributed by atoms with E-state index < -0.39 is 0 Å². The number of alkyl halides is 1. The monoisotopic (exact) mass is 236 g/mol. The normalized spacial score (nSPS) is 25.6. The standard InChI is InChI=1S/C15H21Cl/c1-2-6-12-7-5-8-13(11-12)14-9-3-4-10-15(14)16/h5,7-8,11,14-15H,2-4,6,9-10H2,1H3. The molecular formula is C15H21Cl. The van der Waals surface area contributed by atoms with Gasteiger partial charge in [-0.3, -0.25) is 0 Å². The van der Waals surface area contributed by atoms with Crippen LogP contribution in [-0.4, -0.2) is 5.38 Å². The second-order valence-electron chi connectivity index (χ2n) is 4.90. The van der Waals surface area contributed by atoms with Crippen molar-refractivity contribution in [3.05, 3.63) is 35.4 Å². The Labute approximate surface area is 104 Å². The Kier molecular flexibility index (Phi) is 4.29. The van der Waals surface area contributed by atoms with E-state index in [0.717, 1.165) is 0 Å². The molecule has 0 spiro atoms. The topological polar surface area (TPSA) is 0 Å². The Hall–Kier alpha value is -0.490. The van der Waals surface area contributed by atoms with Gasteiger partial charge in [-0.05, 0) is 30.4 Å². The Bertz CT molecular complexity index is 332. The maximum Gasteiger partial charge on any atom is 0.0404 e. The first-order valence-corrected chi connectivity index (χ1v) is 6.98. The third-order valence-electron chi connectivity index (χ3n) is 3.60. The first-order chi connectivity index (χ1) is 7.81. The zero-order valence-corrected chi connectivity index (χ0v) is 10.8. The molecule has 1 heteroatoms. The molecule has 0 aliphatic heterocycles. The number of halogens is 1. The lowest BCUT2D eigenvalue weighted by atomic mass is 9.83.